The summed E-state index contributed by atoms with van der Waals surface area (Å²) < 4.78 is 0. The average molecular weight is 143 g/mol. The van der Waals surface area contributed by atoms with E-state index in [1.165, 1.54) is 0 Å². The third-order valence-corrected chi connectivity index (χ3v) is 0. The van der Waals surface area contributed by atoms with Gasteiger partial charge in [0.05, 0.1) is 0 Å². The second-order valence-corrected chi connectivity index (χ2v) is 0. The zero-order chi connectivity index (χ0) is 0. The minimum absolute atomic E-state index is 0. The van der Waals surface area contributed by atoms with Crippen LogP contribution in [0.3, 0.4) is 0 Å². The zero-order valence-electron chi connectivity index (χ0n) is 3.52. The van der Waals surface area contributed by atoms with Gasteiger partial charge in [-0.3, -0.25) is 0 Å². The molecule has 0 fully saturated rings. The molecule has 0 aromatic carbocycles. The molecule has 0 spiro atoms. The van der Waals surface area contributed by atoms with E-state index in [4.69, 9.17) is 0 Å². The summed E-state index contributed by atoms with van der Waals surface area (Å²) in [4.78, 5) is 0. The van der Waals surface area contributed by atoms with Crippen molar-refractivity contribution in [3.63, 3.8) is 0 Å². The van der Waals surface area contributed by atoms with Crippen LogP contribution < -0.4 is 59.1 Å². The van der Waals surface area contributed by atoms with Crippen LogP contribution in [0.4, 0.5) is 0 Å². The second kappa shape index (κ2) is 31.1. The van der Waals surface area contributed by atoms with Crippen LogP contribution in [-0.2, 0) is 30.4 Å². The van der Waals surface area contributed by atoms with Crippen molar-refractivity contribution in [2.45, 2.75) is 0 Å². The minimum Gasteiger partial charge on any atom is -2.00 e. The van der Waals surface area contributed by atoms with Gasteiger partial charge in [0.1, 0.15) is 0 Å². The summed E-state index contributed by atoms with van der Waals surface area (Å²) >= 11 is 0. The van der Waals surface area contributed by atoms with Crippen molar-refractivity contribution in [3.05, 3.63) is 0 Å². The Morgan fingerprint density at radius 3 is 0.600 bits per heavy atom. The van der Waals surface area contributed by atoms with E-state index in [0.717, 1.165) is 0 Å². The SMILES string of the molecule is [Na+].[Na+].[O-2].[O-2].[Zn+2]. The summed E-state index contributed by atoms with van der Waals surface area (Å²) in [5.74, 6) is 0. The number of rotatable bonds is 0. The standard InChI is InChI=1S/2Na.2O.Zn/q2*+1;2*-2;+2. The van der Waals surface area contributed by atoms with Gasteiger partial charge in [-0.1, -0.05) is 0 Å². The minimum atomic E-state index is 0. The summed E-state index contributed by atoms with van der Waals surface area (Å²) in [6, 6.07) is 0. The molecule has 0 heterocycles. The van der Waals surface area contributed by atoms with Crippen molar-refractivity contribution in [2.75, 3.05) is 0 Å². The molecule has 0 aromatic heterocycles. The molecule has 0 saturated carbocycles. The fourth-order valence-corrected chi connectivity index (χ4v) is 0. The second-order valence-electron chi connectivity index (χ2n) is 0. The Morgan fingerprint density at radius 1 is 0.600 bits per heavy atom. The quantitative estimate of drug-likeness (QED) is 0.303. The molecule has 0 amide bonds. The molecular formula is Na2O2Zn. The van der Waals surface area contributed by atoms with E-state index in [-0.39, 0.29) is 89.5 Å². The molecule has 0 aliphatic carbocycles. The van der Waals surface area contributed by atoms with Gasteiger partial charge in [-0.15, -0.1) is 0 Å². The van der Waals surface area contributed by atoms with Crippen LogP contribution in [0.5, 0.6) is 0 Å². The van der Waals surface area contributed by atoms with E-state index in [1.807, 2.05) is 0 Å². The van der Waals surface area contributed by atoms with Crippen LogP contribution in [0.15, 0.2) is 0 Å². The first-order chi connectivity index (χ1) is 0. The van der Waals surface area contributed by atoms with Crippen molar-refractivity contribution in [3.8, 4) is 0 Å². The van der Waals surface area contributed by atoms with Gasteiger partial charge in [0.25, 0.3) is 0 Å². The number of hydrogen-bond donors (Lipinski definition) is 0. The van der Waals surface area contributed by atoms with Crippen LogP contribution in [0.1, 0.15) is 0 Å². The van der Waals surface area contributed by atoms with Crippen LogP contribution >= 0.6 is 0 Å². The average Bonchev–Trinajstić information content (AvgIpc) is 0. The summed E-state index contributed by atoms with van der Waals surface area (Å²) in [6.45, 7) is 0. The zero-order valence-corrected chi connectivity index (χ0v) is 10.5. The maximum Gasteiger partial charge on any atom is 2.00 e. The predicted molar refractivity (Wildman–Crippen MR) is 1.37 cm³/mol. The molecule has 0 bridgehead atoms. The van der Waals surface area contributed by atoms with Crippen LogP contribution in [-0.4, -0.2) is 0 Å². The Balaban J connectivity index is 0. The Hall–Kier alpha value is 2.54. The molecule has 5 heavy (non-hydrogen) atoms. The van der Waals surface area contributed by atoms with Crippen molar-refractivity contribution in [1.82, 2.24) is 0 Å². The molecule has 0 radical (unpaired) electrons. The van der Waals surface area contributed by atoms with Crippen LogP contribution in [0, 0.1) is 0 Å². The van der Waals surface area contributed by atoms with Crippen molar-refractivity contribution >= 4 is 0 Å². The van der Waals surface area contributed by atoms with Crippen LogP contribution in [0.25, 0.3) is 0 Å². The molecule has 2 nitrogen and oxygen atoms in total. The summed E-state index contributed by atoms with van der Waals surface area (Å²) in [5.41, 5.74) is 0. The van der Waals surface area contributed by atoms with Gasteiger partial charge >= 0.3 is 78.6 Å². The van der Waals surface area contributed by atoms with Gasteiger partial charge in [0.2, 0.25) is 0 Å². The molecule has 16 valence electrons. The first-order valence-electron chi connectivity index (χ1n) is 0. The maximum absolute atomic E-state index is 0. The Kier molecular flexibility index (Phi) is 310. The fourth-order valence-electron chi connectivity index (χ4n) is 0. The fraction of sp³-hybridized carbons (Fsp3) is 0. The van der Waals surface area contributed by atoms with Gasteiger partial charge in [0, 0.05) is 0 Å². The van der Waals surface area contributed by atoms with Crippen molar-refractivity contribution in [1.29, 1.82) is 0 Å². The molecular weight excluding hydrogens is 143 g/mol. The summed E-state index contributed by atoms with van der Waals surface area (Å²) in [5, 5.41) is 0. The van der Waals surface area contributed by atoms with E-state index < -0.39 is 0 Å². The topological polar surface area (TPSA) is 57.0 Å². The Labute approximate surface area is 88.0 Å². The molecule has 0 unspecified atom stereocenters. The first-order valence-corrected chi connectivity index (χ1v) is 0. The molecule has 5 heteroatoms. The van der Waals surface area contributed by atoms with Gasteiger partial charge in [0.15, 0.2) is 0 Å². The maximum atomic E-state index is 0. The molecule has 0 aromatic rings. The van der Waals surface area contributed by atoms with Crippen LogP contribution in [0.2, 0.25) is 0 Å². The monoisotopic (exact) mass is 142 g/mol. The number of hydrogen-bond acceptors (Lipinski definition) is 0. The summed E-state index contributed by atoms with van der Waals surface area (Å²) in [6.07, 6.45) is 0. The van der Waals surface area contributed by atoms with Crippen molar-refractivity contribution in [2.24, 2.45) is 0 Å². The first kappa shape index (κ1) is 49.9. The van der Waals surface area contributed by atoms with E-state index in [9.17, 15) is 0 Å². The Morgan fingerprint density at radius 2 is 0.600 bits per heavy atom. The molecule has 0 rings (SSSR count). The molecule has 0 saturated heterocycles. The van der Waals surface area contributed by atoms with Gasteiger partial charge in [-0.25, -0.2) is 0 Å². The molecule has 0 aliphatic rings. The van der Waals surface area contributed by atoms with E-state index in [2.05, 4.69) is 0 Å². The van der Waals surface area contributed by atoms with E-state index in [0.29, 0.717) is 0 Å². The van der Waals surface area contributed by atoms with E-state index in [1.54, 1.807) is 0 Å². The molecule has 0 atom stereocenters. The molecule has 0 N–H and O–H groups in total. The van der Waals surface area contributed by atoms with Gasteiger partial charge in [-0.2, -0.15) is 0 Å². The molecule has 0 aliphatic heterocycles. The smallest absolute Gasteiger partial charge is 2.00 e. The predicted octanol–water partition coefficient (Wildman–Crippen LogP) is -6.23. The third kappa shape index (κ3) is 20.9. The van der Waals surface area contributed by atoms with Crippen molar-refractivity contribution < 1.29 is 89.5 Å². The largest absolute Gasteiger partial charge is 2.00 e. The normalized spacial score (nSPS) is 0. The Bertz CT molecular complexity index is 7.61. The van der Waals surface area contributed by atoms with E-state index >= 15 is 0 Å². The van der Waals surface area contributed by atoms with Gasteiger partial charge < -0.3 is 11.0 Å². The van der Waals surface area contributed by atoms with Gasteiger partial charge in [-0.05, 0) is 0 Å². The summed E-state index contributed by atoms with van der Waals surface area (Å²) in [7, 11) is 0. The third-order valence-electron chi connectivity index (χ3n) is 0.